The lowest BCUT2D eigenvalue weighted by atomic mass is 10.0. The molecule has 2 rings (SSSR count). The molecule has 0 saturated carbocycles. The molecule has 112 valence electrons. The van der Waals surface area contributed by atoms with Gasteiger partial charge in [0.1, 0.15) is 38.1 Å². The van der Waals surface area contributed by atoms with Gasteiger partial charge in [-0.1, -0.05) is 32.0 Å². The minimum absolute atomic E-state index is 0.355. The van der Waals surface area contributed by atoms with Gasteiger partial charge < -0.3 is 19.5 Å². The first-order valence-electron chi connectivity index (χ1n) is 7.48. The van der Waals surface area contributed by atoms with Crippen LogP contribution in [0.25, 0.3) is 0 Å². The summed E-state index contributed by atoms with van der Waals surface area (Å²) in [5.41, 5.74) is 1.19. The lowest BCUT2D eigenvalue weighted by Crippen LogP contribution is -3.15. The van der Waals surface area contributed by atoms with E-state index in [1.54, 1.807) is 0 Å². The van der Waals surface area contributed by atoms with Gasteiger partial charge in [0.25, 0.3) is 0 Å². The zero-order valence-corrected chi connectivity index (χ0v) is 12.5. The molecule has 1 aromatic rings. The third kappa shape index (κ3) is 4.47. The second-order valence-electron chi connectivity index (χ2n) is 5.72. The summed E-state index contributed by atoms with van der Waals surface area (Å²) in [4.78, 5) is 1.39. The number of quaternary nitrogens is 1. The highest BCUT2D eigenvalue weighted by Gasteiger charge is 2.19. The van der Waals surface area contributed by atoms with E-state index in [-0.39, 0.29) is 0 Å². The van der Waals surface area contributed by atoms with Crippen LogP contribution in [0.3, 0.4) is 0 Å². The zero-order chi connectivity index (χ0) is 14.4. The number of para-hydroxylation sites is 1. The van der Waals surface area contributed by atoms with Crippen LogP contribution >= 0.6 is 0 Å². The molecule has 2 N–H and O–H groups in total. The van der Waals surface area contributed by atoms with Crippen LogP contribution in [0.1, 0.15) is 25.3 Å². The quantitative estimate of drug-likeness (QED) is 0.796. The Morgan fingerprint density at radius 1 is 1.25 bits per heavy atom. The molecule has 1 aromatic carbocycles. The molecule has 4 nitrogen and oxygen atoms in total. The lowest BCUT2D eigenvalue weighted by molar-refractivity contribution is -0.911. The van der Waals surface area contributed by atoms with Crippen LogP contribution in [0.2, 0.25) is 0 Å². The molecule has 0 spiro atoms. The Balaban J connectivity index is 1.82. The predicted molar refractivity (Wildman–Crippen MR) is 78.4 cm³/mol. The molecule has 0 aliphatic carbocycles. The van der Waals surface area contributed by atoms with Gasteiger partial charge in [-0.05, 0) is 17.5 Å². The van der Waals surface area contributed by atoms with Crippen molar-refractivity contribution >= 4 is 0 Å². The Morgan fingerprint density at radius 3 is 2.65 bits per heavy atom. The summed E-state index contributed by atoms with van der Waals surface area (Å²) in [7, 11) is 0. The van der Waals surface area contributed by atoms with Crippen LogP contribution in [-0.4, -0.2) is 50.7 Å². The molecule has 0 bridgehead atoms. The molecule has 1 aliphatic rings. The van der Waals surface area contributed by atoms with Crippen LogP contribution in [0, 0.1) is 0 Å². The van der Waals surface area contributed by atoms with Crippen LogP contribution in [0.5, 0.6) is 5.75 Å². The third-order valence-corrected chi connectivity index (χ3v) is 3.70. The number of aliphatic hydroxyl groups is 1. The molecule has 1 atom stereocenters. The van der Waals surface area contributed by atoms with Gasteiger partial charge in [-0.3, -0.25) is 0 Å². The maximum Gasteiger partial charge on any atom is 0.137 e. The van der Waals surface area contributed by atoms with E-state index in [0.29, 0.717) is 12.5 Å². The van der Waals surface area contributed by atoms with Crippen LogP contribution in [0.4, 0.5) is 0 Å². The molecule has 20 heavy (non-hydrogen) atoms. The SMILES string of the molecule is CC(C)c1ccccc1OC[C@@H](O)C[NH+]1CCOCC1. The standard InChI is InChI=1S/C16H25NO3/c1-13(2)15-5-3-4-6-16(15)20-12-14(18)11-17-7-9-19-10-8-17/h3-6,13-14,18H,7-12H2,1-2H3/p+1/t14-/m0/s1. The first kappa shape index (κ1) is 15.3. The highest BCUT2D eigenvalue weighted by Crippen LogP contribution is 2.25. The number of ether oxygens (including phenoxy) is 2. The summed E-state index contributed by atoms with van der Waals surface area (Å²) >= 11 is 0. The Labute approximate surface area is 121 Å². The molecule has 1 saturated heterocycles. The second kappa shape index (κ2) is 7.62. The molecule has 1 heterocycles. The predicted octanol–water partition coefficient (Wildman–Crippen LogP) is 0.465. The van der Waals surface area contributed by atoms with Gasteiger partial charge >= 0.3 is 0 Å². The fourth-order valence-corrected chi connectivity index (χ4v) is 2.53. The van der Waals surface area contributed by atoms with Gasteiger partial charge in [-0.15, -0.1) is 0 Å². The van der Waals surface area contributed by atoms with Crippen molar-refractivity contribution in [1.29, 1.82) is 0 Å². The first-order chi connectivity index (χ1) is 9.66. The van der Waals surface area contributed by atoms with Crippen molar-refractivity contribution < 1.29 is 19.5 Å². The fourth-order valence-electron chi connectivity index (χ4n) is 2.53. The van der Waals surface area contributed by atoms with E-state index in [9.17, 15) is 5.11 Å². The highest BCUT2D eigenvalue weighted by atomic mass is 16.5. The molecule has 1 aliphatic heterocycles. The fraction of sp³-hybridized carbons (Fsp3) is 0.625. The molecular weight excluding hydrogens is 254 g/mol. The van der Waals surface area contributed by atoms with Gasteiger partial charge in [0.05, 0.1) is 13.2 Å². The zero-order valence-electron chi connectivity index (χ0n) is 12.5. The summed E-state index contributed by atoms with van der Waals surface area (Å²) in [6.07, 6.45) is -0.427. The molecular formula is C16H26NO3+. The number of nitrogens with one attached hydrogen (secondary N) is 1. The van der Waals surface area contributed by atoms with Crippen molar-refractivity contribution in [3.8, 4) is 5.75 Å². The summed E-state index contributed by atoms with van der Waals surface area (Å²) < 4.78 is 11.1. The maximum atomic E-state index is 10.1. The van der Waals surface area contributed by atoms with Crippen molar-refractivity contribution in [2.75, 3.05) is 39.5 Å². The largest absolute Gasteiger partial charge is 0.490 e. The Morgan fingerprint density at radius 2 is 1.95 bits per heavy atom. The number of hydrogen-bond donors (Lipinski definition) is 2. The van der Waals surface area contributed by atoms with Crippen molar-refractivity contribution in [3.63, 3.8) is 0 Å². The molecule has 0 aromatic heterocycles. The smallest absolute Gasteiger partial charge is 0.137 e. The molecule has 4 heteroatoms. The summed E-state index contributed by atoms with van der Waals surface area (Å²) in [6.45, 7) is 8.91. The van der Waals surface area contributed by atoms with Gasteiger partial charge in [0.2, 0.25) is 0 Å². The normalized spacial score (nSPS) is 18.2. The lowest BCUT2D eigenvalue weighted by Gasteiger charge is -2.26. The molecule has 1 fully saturated rings. The van der Waals surface area contributed by atoms with Crippen molar-refractivity contribution in [2.45, 2.75) is 25.9 Å². The van der Waals surface area contributed by atoms with Crippen molar-refractivity contribution in [3.05, 3.63) is 29.8 Å². The van der Waals surface area contributed by atoms with Crippen LogP contribution in [-0.2, 0) is 4.74 Å². The van der Waals surface area contributed by atoms with Crippen LogP contribution < -0.4 is 9.64 Å². The Bertz CT molecular complexity index is 402. The van der Waals surface area contributed by atoms with E-state index in [1.807, 2.05) is 18.2 Å². The number of benzene rings is 1. The van der Waals surface area contributed by atoms with E-state index >= 15 is 0 Å². The number of aliphatic hydroxyl groups excluding tert-OH is 1. The van der Waals surface area contributed by atoms with E-state index < -0.39 is 6.10 Å². The molecule has 0 amide bonds. The molecule has 0 unspecified atom stereocenters. The van der Waals surface area contributed by atoms with Crippen LogP contribution in [0.15, 0.2) is 24.3 Å². The Hall–Kier alpha value is -1.10. The van der Waals surface area contributed by atoms with Gasteiger partial charge in [0, 0.05) is 0 Å². The van der Waals surface area contributed by atoms with Crippen molar-refractivity contribution in [1.82, 2.24) is 0 Å². The second-order valence-corrected chi connectivity index (χ2v) is 5.72. The summed E-state index contributed by atoms with van der Waals surface area (Å²) in [5, 5.41) is 10.1. The summed E-state index contributed by atoms with van der Waals surface area (Å²) in [5.74, 6) is 1.31. The topological polar surface area (TPSA) is 43.1 Å². The maximum absolute atomic E-state index is 10.1. The third-order valence-electron chi connectivity index (χ3n) is 3.70. The highest BCUT2D eigenvalue weighted by molar-refractivity contribution is 5.35. The summed E-state index contributed by atoms with van der Waals surface area (Å²) in [6, 6.07) is 8.06. The van der Waals surface area contributed by atoms with Gasteiger partial charge in [-0.25, -0.2) is 0 Å². The number of morpholine rings is 1. The van der Waals surface area contributed by atoms with E-state index in [2.05, 4.69) is 19.9 Å². The van der Waals surface area contributed by atoms with Crippen molar-refractivity contribution in [2.24, 2.45) is 0 Å². The van der Waals surface area contributed by atoms with E-state index in [1.165, 1.54) is 10.5 Å². The average molecular weight is 280 g/mol. The van der Waals surface area contributed by atoms with Gasteiger partial charge in [0.15, 0.2) is 0 Å². The van der Waals surface area contributed by atoms with E-state index in [4.69, 9.17) is 9.47 Å². The number of rotatable bonds is 6. The Kier molecular flexibility index (Phi) is 5.83. The minimum Gasteiger partial charge on any atom is -0.490 e. The first-order valence-corrected chi connectivity index (χ1v) is 7.48. The molecule has 0 radical (unpaired) electrons. The van der Waals surface area contributed by atoms with E-state index in [0.717, 1.165) is 38.6 Å². The average Bonchev–Trinajstić information content (AvgIpc) is 2.46. The number of hydrogen-bond acceptors (Lipinski definition) is 3. The minimum atomic E-state index is -0.427. The van der Waals surface area contributed by atoms with Gasteiger partial charge in [-0.2, -0.15) is 0 Å². The monoisotopic (exact) mass is 280 g/mol.